The lowest BCUT2D eigenvalue weighted by Gasteiger charge is -2.45. The highest BCUT2D eigenvalue weighted by atomic mass is 16.3. The van der Waals surface area contributed by atoms with Crippen molar-refractivity contribution in [2.24, 2.45) is 5.41 Å². The predicted molar refractivity (Wildman–Crippen MR) is 76.5 cm³/mol. The molecule has 1 amide bonds. The standard InChI is InChI=1S/C15H19N5O2/c1-15(7-10(8-15)13-16-18-19-17-13)14(21)20(11-4-5-11)9-12-3-2-6-22-12/h2-3,6,10-11H,4-5,7-9H2,1H3,(H,16,17,18,19). The van der Waals surface area contributed by atoms with Crippen molar-refractivity contribution in [2.75, 3.05) is 0 Å². The van der Waals surface area contributed by atoms with Crippen LogP contribution in [0.5, 0.6) is 0 Å². The summed E-state index contributed by atoms with van der Waals surface area (Å²) in [6.45, 7) is 2.61. The lowest BCUT2D eigenvalue weighted by atomic mass is 9.62. The van der Waals surface area contributed by atoms with Crippen LogP contribution in [0, 0.1) is 5.41 Å². The fourth-order valence-corrected chi connectivity index (χ4v) is 3.40. The second-order valence-corrected chi connectivity index (χ2v) is 6.68. The molecule has 2 aliphatic rings. The van der Waals surface area contributed by atoms with Gasteiger partial charge >= 0.3 is 0 Å². The number of carbonyl (C=O) groups excluding carboxylic acids is 1. The van der Waals surface area contributed by atoms with Gasteiger partial charge in [0.25, 0.3) is 0 Å². The molecular weight excluding hydrogens is 282 g/mol. The molecule has 0 aromatic carbocycles. The molecule has 2 aromatic heterocycles. The van der Waals surface area contributed by atoms with Crippen molar-refractivity contribution in [1.82, 2.24) is 25.5 Å². The van der Waals surface area contributed by atoms with Gasteiger partial charge in [-0.05, 0) is 37.8 Å². The number of tetrazole rings is 1. The van der Waals surface area contributed by atoms with Crippen molar-refractivity contribution >= 4 is 5.91 Å². The van der Waals surface area contributed by atoms with Crippen LogP contribution in [-0.2, 0) is 11.3 Å². The highest BCUT2D eigenvalue weighted by molar-refractivity contribution is 5.84. The maximum absolute atomic E-state index is 13.0. The monoisotopic (exact) mass is 301 g/mol. The molecule has 0 saturated heterocycles. The Labute approximate surface area is 128 Å². The minimum Gasteiger partial charge on any atom is -0.467 e. The Kier molecular flexibility index (Phi) is 3.02. The molecule has 1 N–H and O–H groups in total. The van der Waals surface area contributed by atoms with Crippen molar-refractivity contribution < 1.29 is 9.21 Å². The Morgan fingerprint density at radius 3 is 2.91 bits per heavy atom. The van der Waals surface area contributed by atoms with Crippen molar-refractivity contribution in [2.45, 2.75) is 51.1 Å². The van der Waals surface area contributed by atoms with E-state index in [1.54, 1.807) is 6.26 Å². The summed E-state index contributed by atoms with van der Waals surface area (Å²) >= 11 is 0. The van der Waals surface area contributed by atoms with Gasteiger partial charge in [0.15, 0.2) is 5.82 Å². The van der Waals surface area contributed by atoms with Crippen LogP contribution in [0.15, 0.2) is 22.8 Å². The summed E-state index contributed by atoms with van der Waals surface area (Å²) in [6, 6.07) is 4.16. The number of aromatic nitrogens is 4. The van der Waals surface area contributed by atoms with E-state index in [0.717, 1.165) is 31.4 Å². The minimum atomic E-state index is -0.319. The lowest BCUT2D eigenvalue weighted by molar-refractivity contribution is -0.149. The first-order valence-corrected chi connectivity index (χ1v) is 7.72. The fraction of sp³-hybridized carbons (Fsp3) is 0.600. The number of furan rings is 1. The van der Waals surface area contributed by atoms with E-state index in [1.807, 2.05) is 24.0 Å². The van der Waals surface area contributed by atoms with E-state index in [9.17, 15) is 4.79 Å². The maximum atomic E-state index is 13.0. The predicted octanol–water partition coefficient (Wildman–Crippen LogP) is 1.87. The average molecular weight is 301 g/mol. The molecule has 4 rings (SSSR count). The van der Waals surface area contributed by atoms with Gasteiger partial charge in [-0.3, -0.25) is 4.79 Å². The summed E-state index contributed by atoms with van der Waals surface area (Å²) in [5.74, 6) is 2.02. The Bertz CT molecular complexity index is 642. The third-order valence-electron chi connectivity index (χ3n) is 4.79. The second-order valence-electron chi connectivity index (χ2n) is 6.68. The number of H-pyrrole nitrogens is 1. The zero-order valence-electron chi connectivity index (χ0n) is 12.5. The van der Waals surface area contributed by atoms with Gasteiger partial charge in [0.2, 0.25) is 5.91 Å². The summed E-state index contributed by atoms with van der Waals surface area (Å²) in [4.78, 5) is 15.0. The summed E-state index contributed by atoms with van der Waals surface area (Å²) in [7, 11) is 0. The molecule has 0 atom stereocenters. The Morgan fingerprint density at radius 1 is 1.50 bits per heavy atom. The molecule has 0 spiro atoms. The third kappa shape index (κ3) is 2.30. The van der Waals surface area contributed by atoms with Gasteiger partial charge in [0.1, 0.15) is 5.76 Å². The second kappa shape index (κ2) is 4.93. The van der Waals surface area contributed by atoms with Crippen LogP contribution in [0.3, 0.4) is 0 Å². The molecule has 0 aliphatic heterocycles. The number of amides is 1. The van der Waals surface area contributed by atoms with Crippen molar-refractivity contribution in [3.8, 4) is 0 Å². The van der Waals surface area contributed by atoms with E-state index in [1.165, 1.54) is 0 Å². The van der Waals surface area contributed by atoms with Gasteiger partial charge < -0.3 is 9.32 Å². The number of carbonyl (C=O) groups is 1. The minimum absolute atomic E-state index is 0.228. The summed E-state index contributed by atoms with van der Waals surface area (Å²) in [5.41, 5.74) is -0.319. The van der Waals surface area contributed by atoms with Crippen LogP contribution in [-0.4, -0.2) is 37.5 Å². The molecule has 2 aromatic rings. The molecule has 22 heavy (non-hydrogen) atoms. The maximum Gasteiger partial charge on any atom is 0.229 e. The molecule has 2 aliphatic carbocycles. The average Bonchev–Trinajstić information content (AvgIpc) is 2.98. The largest absolute Gasteiger partial charge is 0.467 e. The molecule has 0 unspecified atom stereocenters. The highest BCUT2D eigenvalue weighted by Crippen LogP contribution is 2.51. The Morgan fingerprint density at radius 2 is 2.32 bits per heavy atom. The molecule has 2 saturated carbocycles. The number of nitrogens with one attached hydrogen (secondary N) is 1. The molecule has 2 fully saturated rings. The number of aromatic amines is 1. The van der Waals surface area contributed by atoms with Gasteiger partial charge in [0, 0.05) is 17.4 Å². The summed E-state index contributed by atoms with van der Waals surface area (Å²) in [6.07, 6.45) is 5.41. The smallest absolute Gasteiger partial charge is 0.229 e. The van der Waals surface area contributed by atoms with Crippen molar-refractivity contribution in [1.29, 1.82) is 0 Å². The van der Waals surface area contributed by atoms with E-state index in [-0.39, 0.29) is 17.2 Å². The molecule has 2 heterocycles. The Hall–Kier alpha value is -2.18. The SMILES string of the molecule is CC1(C(=O)N(Cc2ccco2)C2CC2)CC(c2nn[nH]n2)C1. The fourth-order valence-electron chi connectivity index (χ4n) is 3.40. The quantitative estimate of drug-likeness (QED) is 0.910. The zero-order chi connectivity index (χ0) is 15.2. The van der Waals surface area contributed by atoms with Crippen LogP contribution in [0.2, 0.25) is 0 Å². The van der Waals surface area contributed by atoms with E-state index >= 15 is 0 Å². The van der Waals surface area contributed by atoms with Crippen LogP contribution in [0.25, 0.3) is 0 Å². The molecular formula is C15H19N5O2. The van der Waals surface area contributed by atoms with Crippen molar-refractivity contribution in [3.63, 3.8) is 0 Å². The van der Waals surface area contributed by atoms with Crippen LogP contribution >= 0.6 is 0 Å². The first-order valence-electron chi connectivity index (χ1n) is 7.72. The van der Waals surface area contributed by atoms with Crippen LogP contribution in [0.1, 0.15) is 50.1 Å². The highest BCUT2D eigenvalue weighted by Gasteiger charge is 2.51. The number of hydrogen-bond donors (Lipinski definition) is 1. The normalized spacial score (nSPS) is 27.4. The number of hydrogen-bond acceptors (Lipinski definition) is 5. The van der Waals surface area contributed by atoms with E-state index in [2.05, 4.69) is 20.6 Å². The summed E-state index contributed by atoms with van der Waals surface area (Å²) < 4.78 is 5.41. The lowest BCUT2D eigenvalue weighted by Crippen LogP contribution is -2.49. The van der Waals surface area contributed by atoms with Gasteiger partial charge in [-0.15, -0.1) is 10.2 Å². The molecule has 7 heteroatoms. The zero-order valence-corrected chi connectivity index (χ0v) is 12.5. The van der Waals surface area contributed by atoms with Gasteiger partial charge in [-0.2, -0.15) is 5.21 Å². The van der Waals surface area contributed by atoms with Gasteiger partial charge in [-0.1, -0.05) is 12.1 Å². The van der Waals surface area contributed by atoms with Gasteiger partial charge in [0.05, 0.1) is 12.8 Å². The topological polar surface area (TPSA) is 87.9 Å². The first kappa shape index (κ1) is 13.5. The molecule has 0 bridgehead atoms. The molecule has 116 valence electrons. The van der Waals surface area contributed by atoms with Crippen LogP contribution < -0.4 is 0 Å². The molecule has 0 radical (unpaired) electrons. The van der Waals surface area contributed by atoms with Crippen LogP contribution in [0.4, 0.5) is 0 Å². The number of rotatable bonds is 5. The van der Waals surface area contributed by atoms with E-state index in [0.29, 0.717) is 18.4 Å². The van der Waals surface area contributed by atoms with Crippen molar-refractivity contribution in [3.05, 3.63) is 30.0 Å². The van der Waals surface area contributed by atoms with E-state index in [4.69, 9.17) is 4.42 Å². The third-order valence-corrected chi connectivity index (χ3v) is 4.79. The molecule has 7 nitrogen and oxygen atoms in total. The first-order chi connectivity index (χ1) is 10.7. The number of nitrogens with zero attached hydrogens (tertiary/aromatic N) is 4. The van der Waals surface area contributed by atoms with E-state index < -0.39 is 0 Å². The summed E-state index contributed by atoms with van der Waals surface area (Å²) in [5, 5.41) is 14.1. The van der Waals surface area contributed by atoms with Gasteiger partial charge in [-0.25, -0.2) is 0 Å². The Balaban J connectivity index is 1.45.